The van der Waals surface area contributed by atoms with Gasteiger partial charge in [-0.2, -0.15) is 0 Å². The average Bonchev–Trinajstić information content (AvgIpc) is 2.42. The van der Waals surface area contributed by atoms with Gasteiger partial charge < -0.3 is 10.1 Å². The summed E-state index contributed by atoms with van der Waals surface area (Å²) >= 11 is 0. The molecule has 3 nitrogen and oxygen atoms in total. The lowest BCUT2D eigenvalue weighted by atomic mass is 10.0. The van der Waals surface area contributed by atoms with Crippen LogP contribution in [0.1, 0.15) is 24.9 Å². The number of ether oxygens (including phenoxy) is 1. The Labute approximate surface area is 132 Å². The summed E-state index contributed by atoms with van der Waals surface area (Å²) in [6.07, 6.45) is 1.02. The van der Waals surface area contributed by atoms with E-state index >= 15 is 0 Å². The fourth-order valence-electron chi connectivity index (χ4n) is 2.58. The molecule has 1 saturated heterocycles. The van der Waals surface area contributed by atoms with Gasteiger partial charge in [0.05, 0.1) is 7.11 Å². The Morgan fingerprint density at radius 3 is 2.50 bits per heavy atom. The van der Waals surface area contributed by atoms with Gasteiger partial charge in [0.15, 0.2) is 11.6 Å². The van der Waals surface area contributed by atoms with Crippen LogP contribution in [0.3, 0.4) is 0 Å². The van der Waals surface area contributed by atoms with Crippen LogP contribution >= 0.6 is 24.8 Å². The highest BCUT2D eigenvalue weighted by molar-refractivity contribution is 5.85. The summed E-state index contributed by atoms with van der Waals surface area (Å²) in [5, 5.41) is 3.35. The van der Waals surface area contributed by atoms with E-state index in [4.69, 9.17) is 4.74 Å². The van der Waals surface area contributed by atoms with Gasteiger partial charge in [-0.15, -0.1) is 24.8 Å². The van der Waals surface area contributed by atoms with E-state index in [9.17, 15) is 4.39 Å². The molecule has 0 aliphatic carbocycles. The molecule has 116 valence electrons. The van der Waals surface area contributed by atoms with Gasteiger partial charge in [-0.05, 0) is 24.1 Å². The maximum atomic E-state index is 13.4. The van der Waals surface area contributed by atoms with Gasteiger partial charge in [0, 0.05) is 32.2 Å². The van der Waals surface area contributed by atoms with Crippen molar-refractivity contribution in [3.63, 3.8) is 0 Å². The van der Waals surface area contributed by atoms with Gasteiger partial charge >= 0.3 is 0 Å². The zero-order valence-corrected chi connectivity index (χ0v) is 13.5. The molecule has 1 aliphatic rings. The normalized spacial score (nSPS) is 16.8. The number of nitrogens with one attached hydrogen (secondary N) is 1. The van der Waals surface area contributed by atoms with Crippen molar-refractivity contribution >= 4 is 24.8 Å². The number of benzene rings is 1. The van der Waals surface area contributed by atoms with E-state index in [1.165, 1.54) is 13.2 Å². The molecule has 0 saturated carbocycles. The summed E-state index contributed by atoms with van der Waals surface area (Å²) < 4.78 is 18.5. The third-order valence-electron chi connectivity index (χ3n) is 3.54. The van der Waals surface area contributed by atoms with Gasteiger partial charge in [0.2, 0.25) is 0 Å². The molecule has 0 radical (unpaired) electrons. The largest absolute Gasteiger partial charge is 0.494 e. The molecule has 0 bridgehead atoms. The third-order valence-corrected chi connectivity index (χ3v) is 3.54. The van der Waals surface area contributed by atoms with Crippen molar-refractivity contribution in [1.29, 1.82) is 0 Å². The van der Waals surface area contributed by atoms with Crippen LogP contribution in [0.15, 0.2) is 18.2 Å². The summed E-state index contributed by atoms with van der Waals surface area (Å²) in [5.74, 6) is 0.0394. The van der Waals surface area contributed by atoms with Gasteiger partial charge in [0.1, 0.15) is 0 Å². The molecule has 0 aromatic heterocycles. The minimum atomic E-state index is -0.295. The Kier molecular flexibility index (Phi) is 9.14. The first-order valence-corrected chi connectivity index (χ1v) is 6.54. The smallest absolute Gasteiger partial charge is 0.165 e. The quantitative estimate of drug-likeness (QED) is 0.921. The van der Waals surface area contributed by atoms with Gasteiger partial charge in [0.25, 0.3) is 0 Å². The molecule has 1 atom stereocenters. The molecule has 1 aromatic carbocycles. The van der Waals surface area contributed by atoms with Gasteiger partial charge in [-0.25, -0.2) is 4.39 Å². The van der Waals surface area contributed by atoms with E-state index < -0.39 is 0 Å². The zero-order chi connectivity index (χ0) is 13.0. The van der Waals surface area contributed by atoms with Crippen molar-refractivity contribution < 1.29 is 9.13 Å². The van der Waals surface area contributed by atoms with Crippen molar-refractivity contribution in [3.05, 3.63) is 29.6 Å². The molecule has 0 unspecified atom stereocenters. The van der Waals surface area contributed by atoms with E-state index in [0.29, 0.717) is 11.8 Å². The number of piperazine rings is 1. The van der Waals surface area contributed by atoms with E-state index in [-0.39, 0.29) is 30.6 Å². The van der Waals surface area contributed by atoms with E-state index in [2.05, 4.69) is 17.1 Å². The molecule has 1 aromatic rings. The number of nitrogens with zero attached hydrogens (tertiary/aromatic N) is 1. The van der Waals surface area contributed by atoms with Crippen LogP contribution in [0, 0.1) is 5.82 Å². The van der Waals surface area contributed by atoms with E-state index in [1.807, 2.05) is 12.1 Å². The summed E-state index contributed by atoms with van der Waals surface area (Å²) in [5.41, 5.74) is 1.14. The Morgan fingerprint density at radius 2 is 1.95 bits per heavy atom. The molecule has 1 aliphatic heterocycles. The van der Waals surface area contributed by atoms with Crippen LogP contribution < -0.4 is 10.1 Å². The zero-order valence-electron chi connectivity index (χ0n) is 11.9. The summed E-state index contributed by atoms with van der Waals surface area (Å²) in [7, 11) is 1.51. The lowest BCUT2D eigenvalue weighted by Crippen LogP contribution is -2.45. The molecule has 6 heteroatoms. The predicted molar refractivity (Wildman–Crippen MR) is 84.9 cm³/mol. The summed E-state index contributed by atoms with van der Waals surface area (Å²) in [6.45, 7) is 6.29. The summed E-state index contributed by atoms with van der Waals surface area (Å²) in [4.78, 5) is 2.45. The Bertz CT molecular complexity index is 401. The molecule has 0 spiro atoms. The minimum absolute atomic E-state index is 0. The second kappa shape index (κ2) is 9.40. The van der Waals surface area contributed by atoms with Crippen molar-refractivity contribution in [2.45, 2.75) is 19.4 Å². The number of halogens is 3. The average molecular weight is 325 g/mol. The lowest BCUT2D eigenvalue weighted by Gasteiger charge is -2.34. The molecular weight excluding hydrogens is 302 g/mol. The fraction of sp³-hybridized carbons (Fsp3) is 0.571. The van der Waals surface area contributed by atoms with Gasteiger partial charge in [-0.3, -0.25) is 4.90 Å². The second-order valence-electron chi connectivity index (χ2n) is 4.60. The number of rotatable bonds is 4. The number of hydrogen-bond donors (Lipinski definition) is 1. The highest BCUT2D eigenvalue weighted by Gasteiger charge is 2.21. The number of hydrogen-bond acceptors (Lipinski definition) is 3. The molecule has 0 amide bonds. The number of methoxy groups -OCH3 is 1. The molecule has 20 heavy (non-hydrogen) atoms. The second-order valence-corrected chi connectivity index (χ2v) is 4.60. The minimum Gasteiger partial charge on any atom is -0.494 e. The fourth-order valence-corrected chi connectivity index (χ4v) is 2.58. The third kappa shape index (κ3) is 4.48. The molecule has 1 fully saturated rings. The van der Waals surface area contributed by atoms with E-state index in [0.717, 1.165) is 38.2 Å². The predicted octanol–water partition coefficient (Wildman–Crippen LogP) is 3.03. The first-order chi connectivity index (χ1) is 8.76. The van der Waals surface area contributed by atoms with Crippen molar-refractivity contribution in [2.75, 3.05) is 33.3 Å². The van der Waals surface area contributed by atoms with Crippen LogP contribution in [0.25, 0.3) is 0 Å². The Hall–Kier alpha value is -0.550. The van der Waals surface area contributed by atoms with Crippen LogP contribution in [0.2, 0.25) is 0 Å². The first kappa shape index (κ1) is 19.4. The summed E-state index contributed by atoms with van der Waals surface area (Å²) in [6, 6.07) is 5.54. The molecule has 1 N–H and O–H groups in total. The monoisotopic (exact) mass is 324 g/mol. The first-order valence-electron chi connectivity index (χ1n) is 6.54. The van der Waals surface area contributed by atoms with Crippen molar-refractivity contribution in [2.24, 2.45) is 0 Å². The van der Waals surface area contributed by atoms with Crippen LogP contribution in [0.5, 0.6) is 5.75 Å². The van der Waals surface area contributed by atoms with E-state index in [1.54, 1.807) is 0 Å². The van der Waals surface area contributed by atoms with Gasteiger partial charge in [-0.1, -0.05) is 13.0 Å². The highest BCUT2D eigenvalue weighted by Crippen LogP contribution is 2.28. The lowest BCUT2D eigenvalue weighted by molar-refractivity contribution is 0.169. The maximum absolute atomic E-state index is 13.4. The highest BCUT2D eigenvalue weighted by atomic mass is 35.5. The molecule has 1 heterocycles. The topological polar surface area (TPSA) is 24.5 Å². The SMILES string of the molecule is CC[C@@H](c1ccc(F)c(OC)c1)N1CCNCC1.Cl.Cl. The maximum Gasteiger partial charge on any atom is 0.165 e. The van der Waals surface area contributed by atoms with Crippen LogP contribution in [-0.4, -0.2) is 38.2 Å². The Morgan fingerprint density at radius 1 is 1.30 bits per heavy atom. The van der Waals surface area contributed by atoms with Crippen LogP contribution in [-0.2, 0) is 0 Å². The standard InChI is InChI=1S/C14H21FN2O.2ClH/c1-3-13(17-8-6-16-7-9-17)11-4-5-12(15)14(10-11)18-2;;/h4-5,10,13,16H,3,6-9H2,1-2H3;2*1H/t13-;;/m0../s1. The molecule has 2 rings (SSSR count). The van der Waals surface area contributed by atoms with Crippen molar-refractivity contribution in [3.8, 4) is 5.75 Å². The molecular formula is C14H23Cl2FN2O. The Balaban J connectivity index is 0.00000180. The van der Waals surface area contributed by atoms with Crippen molar-refractivity contribution in [1.82, 2.24) is 10.2 Å². The van der Waals surface area contributed by atoms with Crippen LogP contribution in [0.4, 0.5) is 4.39 Å².